The Morgan fingerprint density at radius 2 is 1.87 bits per heavy atom. The molecule has 0 radical (unpaired) electrons. The van der Waals surface area contributed by atoms with Crippen LogP contribution in [0, 0.1) is 17.3 Å². The lowest BCUT2D eigenvalue weighted by molar-refractivity contribution is -0.122. The highest BCUT2D eigenvalue weighted by Gasteiger charge is 2.27. The molecule has 23 heavy (non-hydrogen) atoms. The van der Waals surface area contributed by atoms with Gasteiger partial charge in [-0.25, -0.2) is 0 Å². The van der Waals surface area contributed by atoms with Gasteiger partial charge in [-0.2, -0.15) is 0 Å². The summed E-state index contributed by atoms with van der Waals surface area (Å²) in [5, 5.41) is 14.6. The van der Waals surface area contributed by atoms with Gasteiger partial charge < -0.3 is 10.4 Å². The van der Waals surface area contributed by atoms with Crippen molar-refractivity contribution < 1.29 is 9.90 Å². The topological polar surface area (TPSA) is 49.3 Å². The average molecular weight is 313 g/mol. The number of carbonyl (C=O) groups is 1. The fraction of sp³-hybridized carbons (Fsp3) is 0.450. The molecule has 2 rings (SSSR count). The summed E-state index contributed by atoms with van der Waals surface area (Å²) in [6, 6.07) is 10.9. The van der Waals surface area contributed by atoms with Crippen LogP contribution < -0.4 is 5.32 Å². The Balaban J connectivity index is 2.28. The number of fused-ring (bicyclic) bond motifs is 1. The second-order valence-corrected chi connectivity index (χ2v) is 7.82. The van der Waals surface area contributed by atoms with Crippen LogP contribution in [0.2, 0.25) is 0 Å². The molecule has 1 atom stereocenters. The maximum Gasteiger partial charge on any atom is 0.227 e. The van der Waals surface area contributed by atoms with Gasteiger partial charge in [-0.3, -0.25) is 4.79 Å². The predicted molar refractivity (Wildman–Crippen MR) is 96.6 cm³/mol. The molecule has 1 amide bonds. The summed E-state index contributed by atoms with van der Waals surface area (Å²) >= 11 is 0. The van der Waals surface area contributed by atoms with Crippen LogP contribution in [0.1, 0.15) is 41.0 Å². The number of benzene rings is 2. The van der Waals surface area contributed by atoms with E-state index in [2.05, 4.69) is 39.9 Å². The molecule has 0 aliphatic heterocycles. The highest BCUT2D eigenvalue weighted by Crippen LogP contribution is 2.31. The van der Waals surface area contributed by atoms with E-state index < -0.39 is 0 Å². The monoisotopic (exact) mass is 313 g/mol. The molecule has 0 fully saturated rings. The van der Waals surface area contributed by atoms with Crippen LogP contribution in [0.25, 0.3) is 10.8 Å². The summed E-state index contributed by atoms with van der Waals surface area (Å²) < 4.78 is 0. The number of phenolic OH excluding ortho intramolecular Hbond substituents is 1. The van der Waals surface area contributed by atoms with E-state index in [1.807, 2.05) is 24.3 Å². The quantitative estimate of drug-likeness (QED) is 0.816. The Morgan fingerprint density at radius 3 is 2.48 bits per heavy atom. The van der Waals surface area contributed by atoms with Gasteiger partial charge in [0.2, 0.25) is 5.91 Å². The molecular weight excluding hydrogens is 286 g/mol. The van der Waals surface area contributed by atoms with Crippen molar-refractivity contribution in [2.24, 2.45) is 17.3 Å². The Bertz CT molecular complexity index is 698. The average Bonchev–Trinajstić information content (AvgIpc) is 2.43. The predicted octanol–water partition coefficient (Wildman–Crippen LogP) is 5.19. The molecule has 0 aliphatic carbocycles. The third-order valence-corrected chi connectivity index (χ3v) is 4.10. The number of rotatable bonds is 4. The second-order valence-electron chi connectivity index (χ2n) is 7.82. The fourth-order valence-corrected chi connectivity index (χ4v) is 2.90. The van der Waals surface area contributed by atoms with Crippen LogP contribution in [0.3, 0.4) is 0 Å². The molecule has 3 heteroatoms. The highest BCUT2D eigenvalue weighted by molar-refractivity contribution is 6.03. The molecule has 0 aliphatic rings. The second kappa shape index (κ2) is 6.61. The minimum absolute atomic E-state index is 0.0256. The number of hydrogen-bond donors (Lipinski definition) is 2. The van der Waals surface area contributed by atoms with Crippen LogP contribution in [0.15, 0.2) is 36.4 Å². The first kappa shape index (κ1) is 17.3. The molecule has 2 aromatic carbocycles. The lowest BCUT2D eigenvalue weighted by Gasteiger charge is -2.28. The summed E-state index contributed by atoms with van der Waals surface area (Å²) in [5.41, 5.74) is 0.906. The minimum atomic E-state index is -0.0256. The third-order valence-electron chi connectivity index (χ3n) is 4.10. The van der Waals surface area contributed by atoms with E-state index in [-0.39, 0.29) is 28.9 Å². The fourth-order valence-electron chi connectivity index (χ4n) is 2.90. The lowest BCUT2D eigenvalue weighted by atomic mass is 9.79. The molecule has 0 spiro atoms. The molecule has 2 N–H and O–H groups in total. The Labute approximate surface area is 138 Å². The van der Waals surface area contributed by atoms with Gasteiger partial charge in [0, 0.05) is 17.0 Å². The van der Waals surface area contributed by atoms with Gasteiger partial charge in [0.05, 0.1) is 0 Å². The van der Waals surface area contributed by atoms with Crippen LogP contribution in [-0.2, 0) is 4.79 Å². The molecule has 0 saturated carbocycles. The van der Waals surface area contributed by atoms with Crippen molar-refractivity contribution in [3.63, 3.8) is 0 Å². The van der Waals surface area contributed by atoms with Crippen LogP contribution in [0.5, 0.6) is 5.75 Å². The summed E-state index contributed by atoms with van der Waals surface area (Å²) in [4.78, 5) is 12.8. The minimum Gasteiger partial charge on any atom is -0.508 e. The van der Waals surface area contributed by atoms with E-state index in [1.165, 1.54) is 0 Å². The van der Waals surface area contributed by atoms with E-state index in [4.69, 9.17) is 0 Å². The van der Waals surface area contributed by atoms with Crippen molar-refractivity contribution in [1.82, 2.24) is 0 Å². The van der Waals surface area contributed by atoms with Crippen molar-refractivity contribution in [3.8, 4) is 5.75 Å². The first-order chi connectivity index (χ1) is 10.7. The van der Waals surface area contributed by atoms with Crippen molar-refractivity contribution >= 4 is 22.4 Å². The Kier molecular flexibility index (Phi) is 4.98. The van der Waals surface area contributed by atoms with Gasteiger partial charge in [-0.1, -0.05) is 46.8 Å². The smallest absolute Gasteiger partial charge is 0.227 e. The summed E-state index contributed by atoms with van der Waals surface area (Å²) in [5.74, 6) is 0.555. The lowest BCUT2D eigenvalue weighted by Crippen LogP contribution is -2.30. The van der Waals surface area contributed by atoms with Gasteiger partial charge in [0.15, 0.2) is 0 Å². The van der Waals surface area contributed by atoms with E-state index in [9.17, 15) is 9.90 Å². The summed E-state index contributed by atoms with van der Waals surface area (Å²) in [7, 11) is 0. The number of anilines is 1. The Morgan fingerprint density at radius 1 is 1.17 bits per heavy atom. The first-order valence-electron chi connectivity index (χ1n) is 8.20. The number of nitrogens with one attached hydrogen (secondary N) is 1. The molecule has 2 aromatic rings. The van der Waals surface area contributed by atoms with Gasteiger partial charge in [0.25, 0.3) is 0 Å². The standard InChI is InChI=1S/C20H27NO2/c1-13(2)17(12-20(3,4)5)19(23)21-18-8-6-7-14-11-15(22)9-10-16(14)18/h6-11,13,17,22H,12H2,1-5H3,(H,21,23). The highest BCUT2D eigenvalue weighted by atomic mass is 16.3. The zero-order chi connectivity index (χ0) is 17.2. The number of amides is 1. The molecule has 0 saturated heterocycles. The first-order valence-corrected chi connectivity index (χ1v) is 8.20. The molecular formula is C20H27NO2. The van der Waals surface area contributed by atoms with Crippen molar-refractivity contribution in [2.75, 3.05) is 5.32 Å². The maximum atomic E-state index is 12.8. The number of aromatic hydroxyl groups is 1. The van der Waals surface area contributed by atoms with E-state index in [1.54, 1.807) is 12.1 Å². The maximum absolute atomic E-state index is 12.8. The van der Waals surface area contributed by atoms with Gasteiger partial charge in [-0.15, -0.1) is 0 Å². The normalized spacial score (nSPS) is 13.3. The van der Waals surface area contributed by atoms with Crippen LogP contribution in [-0.4, -0.2) is 11.0 Å². The van der Waals surface area contributed by atoms with Crippen LogP contribution >= 0.6 is 0 Å². The summed E-state index contributed by atoms with van der Waals surface area (Å²) in [6.07, 6.45) is 0.849. The van der Waals surface area contributed by atoms with E-state index in [0.29, 0.717) is 0 Å². The molecule has 124 valence electrons. The molecule has 3 nitrogen and oxygen atoms in total. The largest absolute Gasteiger partial charge is 0.508 e. The zero-order valence-corrected chi connectivity index (χ0v) is 14.7. The number of carbonyl (C=O) groups excluding carboxylic acids is 1. The number of phenols is 1. The Hall–Kier alpha value is -2.03. The van der Waals surface area contributed by atoms with Crippen LogP contribution in [0.4, 0.5) is 5.69 Å². The van der Waals surface area contributed by atoms with Crippen molar-refractivity contribution in [1.29, 1.82) is 0 Å². The molecule has 0 aromatic heterocycles. The van der Waals surface area contributed by atoms with E-state index >= 15 is 0 Å². The van der Waals surface area contributed by atoms with Gasteiger partial charge in [-0.05, 0) is 47.4 Å². The van der Waals surface area contributed by atoms with Crippen molar-refractivity contribution in [3.05, 3.63) is 36.4 Å². The SMILES string of the molecule is CC(C)C(CC(C)(C)C)C(=O)Nc1cccc2cc(O)ccc12. The summed E-state index contributed by atoms with van der Waals surface area (Å²) in [6.45, 7) is 10.7. The van der Waals surface area contributed by atoms with E-state index in [0.717, 1.165) is 22.9 Å². The molecule has 0 heterocycles. The zero-order valence-electron chi connectivity index (χ0n) is 14.7. The molecule has 1 unspecified atom stereocenters. The number of hydrogen-bond acceptors (Lipinski definition) is 2. The molecule has 0 bridgehead atoms. The van der Waals surface area contributed by atoms with Crippen molar-refractivity contribution in [2.45, 2.75) is 41.0 Å². The third kappa shape index (κ3) is 4.47. The van der Waals surface area contributed by atoms with Gasteiger partial charge in [0.1, 0.15) is 5.75 Å². The van der Waals surface area contributed by atoms with Gasteiger partial charge >= 0.3 is 0 Å².